The number of aromatic nitrogens is 2. The van der Waals surface area contributed by atoms with Gasteiger partial charge in [-0.05, 0) is 30.3 Å². The highest BCUT2D eigenvalue weighted by molar-refractivity contribution is 5.96. The molecule has 35 heavy (non-hydrogen) atoms. The summed E-state index contributed by atoms with van der Waals surface area (Å²) in [5.41, 5.74) is 4.83. The summed E-state index contributed by atoms with van der Waals surface area (Å²) in [4.78, 5) is 34.3. The second kappa shape index (κ2) is 10.0. The number of amides is 1. The first-order valence-electron chi connectivity index (χ1n) is 11.1. The van der Waals surface area contributed by atoms with Gasteiger partial charge in [-0.3, -0.25) is 4.79 Å². The van der Waals surface area contributed by atoms with E-state index in [9.17, 15) is 9.59 Å². The van der Waals surface area contributed by atoms with Crippen LogP contribution in [0.5, 0.6) is 0 Å². The standard InChI is InChI=1S/C28H21N3O4/c32-25(29-17-22-12-7-15-34-22)18-35-28(33)21-13-14-23-24(16-21)31-27(20-10-5-2-6-11-20)26(30-23)19-8-3-1-4-9-19/h1-16H,17-18H2,(H,29,32). The molecule has 0 unspecified atom stereocenters. The van der Waals surface area contributed by atoms with Crippen LogP contribution in [0.15, 0.2) is 102 Å². The normalized spacial score (nSPS) is 10.7. The second-order valence-corrected chi connectivity index (χ2v) is 7.79. The lowest BCUT2D eigenvalue weighted by molar-refractivity contribution is -0.124. The lowest BCUT2D eigenvalue weighted by atomic mass is 10.0. The lowest BCUT2D eigenvalue weighted by Crippen LogP contribution is -2.28. The average Bonchev–Trinajstić information content (AvgIpc) is 3.44. The number of nitrogens with one attached hydrogen (secondary N) is 1. The van der Waals surface area contributed by atoms with E-state index in [1.54, 1.807) is 30.3 Å². The molecule has 5 aromatic rings. The van der Waals surface area contributed by atoms with Crippen LogP contribution in [0.3, 0.4) is 0 Å². The molecule has 3 aromatic carbocycles. The van der Waals surface area contributed by atoms with Gasteiger partial charge in [0.2, 0.25) is 0 Å². The third-order valence-corrected chi connectivity index (χ3v) is 5.37. The molecule has 0 saturated heterocycles. The first-order valence-corrected chi connectivity index (χ1v) is 11.1. The topological polar surface area (TPSA) is 94.3 Å². The van der Waals surface area contributed by atoms with E-state index < -0.39 is 18.5 Å². The second-order valence-electron chi connectivity index (χ2n) is 7.79. The van der Waals surface area contributed by atoms with E-state index in [-0.39, 0.29) is 12.1 Å². The zero-order valence-corrected chi connectivity index (χ0v) is 18.7. The third-order valence-electron chi connectivity index (χ3n) is 5.37. The Hall–Kier alpha value is -4.78. The van der Waals surface area contributed by atoms with Crippen molar-refractivity contribution in [3.8, 4) is 22.5 Å². The molecule has 2 heterocycles. The summed E-state index contributed by atoms with van der Waals surface area (Å²) >= 11 is 0. The van der Waals surface area contributed by atoms with Crippen molar-refractivity contribution < 1.29 is 18.7 Å². The van der Waals surface area contributed by atoms with Gasteiger partial charge in [0.1, 0.15) is 5.76 Å². The fourth-order valence-electron chi connectivity index (χ4n) is 3.64. The first kappa shape index (κ1) is 22.0. The van der Waals surface area contributed by atoms with Crippen LogP contribution in [0.25, 0.3) is 33.5 Å². The van der Waals surface area contributed by atoms with Crippen LogP contribution in [0.4, 0.5) is 0 Å². The monoisotopic (exact) mass is 463 g/mol. The molecule has 0 atom stereocenters. The van der Waals surface area contributed by atoms with Crippen molar-refractivity contribution in [3.05, 3.63) is 109 Å². The average molecular weight is 463 g/mol. The molecule has 1 N–H and O–H groups in total. The minimum Gasteiger partial charge on any atom is -0.467 e. The zero-order chi connectivity index (χ0) is 24.0. The van der Waals surface area contributed by atoms with E-state index in [0.717, 1.165) is 16.8 Å². The Kier molecular flexibility index (Phi) is 6.30. The van der Waals surface area contributed by atoms with Gasteiger partial charge in [-0.2, -0.15) is 0 Å². The molecule has 1 amide bonds. The maximum absolute atomic E-state index is 12.6. The molecule has 5 rings (SSSR count). The molecule has 0 radical (unpaired) electrons. The molecule has 172 valence electrons. The van der Waals surface area contributed by atoms with Crippen molar-refractivity contribution in [2.24, 2.45) is 0 Å². The maximum Gasteiger partial charge on any atom is 0.338 e. The van der Waals surface area contributed by atoms with Gasteiger partial charge < -0.3 is 14.5 Å². The largest absolute Gasteiger partial charge is 0.467 e. The van der Waals surface area contributed by atoms with Crippen molar-refractivity contribution in [1.29, 1.82) is 0 Å². The molecule has 0 spiro atoms. The van der Waals surface area contributed by atoms with E-state index in [1.165, 1.54) is 6.26 Å². The van der Waals surface area contributed by atoms with E-state index in [2.05, 4.69) is 5.32 Å². The summed E-state index contributed by atoms with van der Waals surface area (Å²) in [6, 6.07) is 28.1. The van der Waals surface area contributed by atoms with Crippen LogP contribution >= 0.6 is 0 Å². The first-order chi connectivity index (χ1) is 17.2. The molecule has 0 fully saturated rings. The Labute approximate surface area is 201 Å². The van der Waals surface area contributed by atoms with Crippen LogP contribution in [-0.2, 0) is 16.1 Å². The van der Waals surface area contributed by atoms with E-state index in [1.807, 2.05) is 60.7 Å². The number of furan rings is 1. The van der Waals surface area contributed by atoms with Crippen LogP contribution in [0.2, 0.25) is 0 Å². The summed E-state index contributed by atoms with van der Waals surface area (Å²) in [5, 5.41) is 2.64. The number of esters is 1. The van der Waals surface area contributed by atoms with Crippen LogP contribution in [0.1, 0.15) is 16.1 Å². The van der Waals surface area contributed by atoms with Gasteiger partial charge in [0.05, 0.1) is 40.8 Å². The van der Waals surface area contributed by atoms with E-state index in [0.29, 0.717) is 22.5 Å². The number of fused-ring (bicyclic) bond motifs is 1. The molecule has 0 aliphatic rings. The zero-order valence-electron chi connectivity index (χ0n) is 18.7. The minimum absolute atomic E-state index is 0.223. The molecule has 7 heteroatoms. The van der Waals surface area contributed by atoms with Gasteiger partial charge >= 0.3 is 5.97 Å². The third kappa shape index (κ3) is 5.09. The summed E-state index contributed by atoms with van der Waals surface area (Å²) < 4.78 is 10.3. The Morgan fingerprint density at radius 3 is 2.06 bits per heavy atom. The highest BCUT2D eigenvalue weighted by atomic mass is 16.5. The van der Waals surface area contributed by atoms with Crippen molar-refractivity contribution in [3.63, 3.8) is 0 Å². The lowest BCUT2D eigenvalue weighted by Gasteiger charge is -2.11. The number of rotatable bonds is 7. The highest BCUT2D eigenvalue weighted by Gasteiger charge is 2.16. The van der Waals surface area contributed by atoms with Gasteiger partial charge in [0.15, 0.2) is 6.61 Å². The van der Waals surface area contributed by atoms with Gasteiger partial charge in [-0.1, -0.05) is 60.7 Å². The van der Waals surface area contributed by atoms with Crippen LogP contribution < -0.4 is 5.32 Å². The van der Waals surface area contributed by atoms with Gasteiger partial charge in [-0.15, -0.1) is 0 Å². The Balaban J connectivity index is 1.39. The fourth-order valence-corrected chi connectivity index (χ4v) is 3.64. The number of benzene rings is 3. The number of nitrogens with zero attached hydrogens (tertiary/aromatic N) is 2. The van der Waals surface area contributed by atoms with Crippen molar-refractivity contribution in [1.82, 2.24) is 15.3 Å². The van der Waals surface area contributed by atoms with Crippen LogP contribution in [-0.4, -0.2) is 28.5 Å². The molecular weight excluding hydrogens is 442 g/mol. The molecule has 0 aliphatic carbocycles. The SMILES string of the molecule is O=C(COC(=O)c1ccc2nc(-c3ccccc3)c(-c3ccccc3)nc2c1)NCc1ccco1. The number of carbonyl (C=O) groups excluding carboxylic acids is 2. The molecule has 0 aliphatic heterocycles. The molecule has 2 aromatic heterocycles. The molecule has 0 bridgehead atoms. The molecule has 0 saturated carbocycles. The summed E-state index contributed by atoms with van der Waals surface area (Å²) in [5.74, 6) is -0.425. The minimum atomic E-state index is -0.616. The molecule has 7 nitrogen and oxygen atoms in total. The van der Waals surface area contributed by atoms with Gasteiger partial charge in [0.25, 0.3) is 5.91 Å². The van der Waals surface area contributed by atoms with Crippen molar-refractivity contribution in [2.75, 3.05) is 6.61 Å². The van der Waals surface area contributed by atoms with E-state index >= 15 is 0 Å². The van der Waals surface area contributed by atoms with Crippen molar-refractivity contribution in [2.45, 2.75) is 6.54 Å². The molecular formula is C28H21N3O4. The smallest absolute Gasteiger partial charge is 0.338 e. The predicted molar refractivity (Wildman–Crippen MR) is 131 cm³/mol. The number of hydrogen-bond acceptors (Lipinski definition) is 6. The predicted octanol–water partition coefficient (Wildman–Crippen LogP) is 5.03. The van der Waals surface area contributed by atoms with Crippen molar-refractivity contribution >= 4 is 22.9 Å². The van der Waals surface area contributed by atoms with E-state index in [4.69, 9.17) is 19.1 Å². The summed E-state index contributed by atoms with van der Waals surface area (Å²) in [6.07, 6.45) is 1.52. The quantitative estimate of drug-likeness (QED) is 0.340. The van der Waals surface area contributed by atoms with Gasteiger partial charge in [-0.25, -0.2) is 14.8 Å². The highest BCUT2D eigenvalue weighted by Crippen LogP contribution is 2.31. The number of hydrogen-bond donors (Lipinski definition) is 1. The maximum atomic E-state index is 12.6. The summed E-state index contributed by atoms with van der Waals surface area (Å²) in [6.45, 7) is -0.174. The number of ether oxygens (including phenoxy) is 1. The van der Waals surface area contributed by atoms with Crippen LogP contribution in [0, 0.1) is 0 Å². The van der Waals surface area contributed by atoms with Gasteiger partial charge in [0, 0.05) is 11.1 Å². The summed E-state index contributed by atoms with van der Waals surface area (Å²) in [7, 11) is 0. The Morgan fingerprint density at radius 2 is 1.43 bits per heavy atom. The Morgan fingerprint density at radius 1 is 0.771 bits per heavy atom. The number of carbonyl (C=O) groups is 2. The Bertz CT molecular complexity index is 1470. The fraction of sp³-hybridized carbons (Fsp3) is 0.0714.